The number of anilines is 2. The van der Waals surface area contributed by atoms with E-state index in [1.165, 1.54) is 42.7 Å². The molecular weight excluding hydrogens is 326 g/mol. The molecule has 1 aliphatic heterocycles. The van der Waals surface area contributed by atoms with E-state index < -0.39 is 0 Å². The Bertz CT molecular complexity index is 790. The molecule has 1 aromatic heterocycles. The highest BCUT2D eigenvalue weighted by molar-refractivity contribution is 7.14. The summed E-state index contributed by atoms with van der Waals surface area (Å²) in [7, 11) is 0. The molecule has 0 saturated carbocycles. The number of aromatic nitrogens is 1. The number of hydrogen-bond acceptors (Lipinski definition) is 4. The highest BCUT2D eigenvalue weighted by Gasteiger charge is 2.12. The lowest BCUT2D eigenvalue weighted by Crippen LogP contribution is -2.17. The SMILES string of the molecule is c1ccc(CCNc2nc(-c3ccc(N4CCCC4)cc3)cs2)cc1. The highest BCUT2D eigenvalue weighted by Crippen LogP contribution is 2.28. The third kappa shape index (κ3) is 4.02. The molecular formula is C21H23N3S. The van der Waals surface area contributed by atoms with Crippen LogP contribution in [0.3, 0.4) is 0 Å². The molecule has 0 spiro atoms. The molecule has 0 atom stereocenters. The maximum atomic E-state index is 4.73. The minimum atomic E-state index is 0.908. The number of hydrogen-bond donors (Lipinski definition) is 1. The predicted octanol–water partition coefficient (Wildman–Crippen LogP) is 5.06. The molecule has 4 heteroatoms. The predicted molar refractivity (Wildman–Crippen MR) is 108 cm³/mol. The van der Waals surface area contributed by atoms with E-state index in [1.807, 2.05) is 0 Å². The summed E-state index contributed by atoms with van der Waals surface area (Å²) >= 11 is 1.68. The maximum Gasteiger partial charge on any atom is 0.183 e. The number of nitrogens with zero attached hydrogens (tertiary/aromatic N) is 2. The number of thiazole rings is 1. The molecule has 1 aliphatic rings. The van der Waals surface area contributed by atoms with Crippen LogP contribution in [0.25, 0.3) is 11.3 Å². The topological polar surface area (TPSA) is 28.2 Å². The summed E-state index contributed by atoms with van der Waals surface area (Å²) in [5.41, 5.74) is 4.93. The van der Waals surface area contributed by atoms with E-state index >= 15 is 0 Å². The highest BCUT2D eigenvalue weighted by atomic mass is 32.1. The van der Waals surface area contributed by atoms with Gasteiger partial charge in [0.25, 0.3) is 0 Å². The van der Waals surface area contributed by atoms with Gasteiger partial charge in [0.1, 0.15) is 0 Å². The van der Waals surface area contributed by atoms with Crippen LogP contribution in [0.5, 0.6) is 0 Å². The first-order chi connectivity index (χ1) is 12.4. The molecule has 1 N–H and O–H groups in total. The molecule has 0 unspecified atom stereocenters. The van der Waals surface area contributed by atoms with Crippen LogP contribution in [0.2, 0.25) is 0 Å². The van der Waals surface area contributed by atoms with Crippen molar-refractivity contribution in [3.05, 3.63) is 65.5 Å². The Balaban J connectivity index is 1.35. The minimum absolute atomic E-state index is 0.908. The van der Waals surface area contributed by atoms with Crippen LogP contribution < -0.4 is 10.2 Å². The van der Waals surface area contributed by atoms with Gasteiger partial charge in [0.15, 0.2) is 5.13 Å². The van der Waals surface area contributed by atoms with Gasteiger partial charge >= 0.3 is 0 Å². The monoisotopic (exact) mass is 349 g/mol. The fraction of sp³-hybridized carbons (Fsp3) is 0.286. The Morgan fingerprint density at radius 2 is 1.72 bits per heavy atom. The zero-order valence-electron chi connectivity index (χ0n) is 14.3. The standard InChI is InChI=1S/C21H23N3S/c1-2-6-17(7-3-1)12-13-22-21-23-20(16-25-21)18-8-10-19(11-9-18)24-14-4-5-15-24/h1-3,6-11,16H,4-5,12-15H2,(H,22,23). The summed E-state index contributed by atoms with van der Waals surface area (Å²) in [5, 5.41) is 6.57. The van der Waals surface area contributed by atoms with Crippen molar-refractivity contribution in [3.8, 4) is 11.3 Å². The van der Waals surface area contributed by atoms with Crippen molar-refractivity contribution in [2.45, 2.75) is 19.3 Å². The van der Waals surface area contributed by atoms with Crippen molar-refractivity contribution in [2.75, 3.05) is 29.9 Å². The molecule has 128 valence electrons. The van der Waals surface area contributed by atoms with Gasteiger partial charge in [-0.05, 0) is 37.0 Å². The Hall–Kier alpha value is -2.33. The number of nitrogens with one attached hydrogen (secondary N) is 1. The number of benzene rings is 2. The Morgan fingerprint density at radius 1 is 0.960 bits per heavy atom. The molecule has 4 rings (SSSR count). The third-order valence-electron chi connectivity index (χ3n) is 4.67. The molecule has 0 aliphatic carbocycles. The lowest BCUT2D eigenvalue weighted by molar-refractivity contribution is 0.949. The van der Waals surface area contributed by atoms with Gasteiger partial charge in [-0.1, -0.05) is 42.5 Å². The lowest BCUT2D eigenvalue weighted by atomic mass is 10.1. The van der Waals surface area contributed by atoms with E-state index in [-0.39, 0.29) is 0 Å². The van der Waals surface area contributed by atoms with E-state index in [1.54, 1.807) is 11.3 Å². The van der Waals surface area contributed by atoms with Crippen LogP contribution in [0.15, 0.2) is 60.0 Å². The van der Waals surface area contributed by atoms with Crippen molar-refractivity contribution in [1.29, 1.82) is 0 Å². The smallest absolute Gasteiger partial charge is 0.183 e. The summed E-state index contributed by atoms with van der Waals surface area (Å²) in [4.78, 5) is 7.19. The molecule has 0 bridgehead atoms. The van der Waals surface area contributed by atoms with Gasteiger partial charge in [-0.15, -0.1) is 11.3 Å². The van der Waals surface area contributed by atoms with Gasteiger partial charge in [0.05, 0.1) is 5.69 Å². The summed E-state index contributed by atoms with van der Waals surface area (Å²) in [5.74, 6) is 0. The molecule has 25 heavy (non-hydrogen) atoms. The molecule has 3 aromatic rings. The maximum absolute atomic E-state index is 4.73. The summed E-state index contributed by atoms with van der Waals surface area (Å²) in [6, 6.07) is 19.4. The Labute approximate surface area is 153 Å². The van der Waals surface area contributed by atoms with Gasteiger partial charge in [-0.3, -0.25) is 0 Å². The zero-order chi connectivity index (χ0) is 16.9. The normalized spacial score (nSPS) is 14.0. The van der Waals surface area contributed by atoms with Crippen molar-refractivity contribution in [2.24, 2.45) is 0 Å². The molecule has 1 fully saturated rings. The fourth-order valence-electron chi connectivity index (χ4n) is 3.26. The molecule has 2 heterocycles. The van der Waals surface area contributed by atoms with Gasteiger partial charge in [-0.2, -0.15) is 0 Å². The number of rotatable bonds is 6. The van der Waals surface area contributed by atoms with E-state index in [0.29, 0.717) is 0 Å². The van der Waals surface area contributed by atoms with E-state index in [0.717, 1.165) is 23.8 Å². The summed E-state index contributed by atoms with van der Waals surface area (Å²) < 4.78 is 0. The average Bonchev–Trinajstić information content (AvgIpc) is 3.35. The van der Waals surface area contributed by atoms with Crippen LogP contribution in [-0.4, -0.2) is 24.6 Å². The second-order valence-electron chi connectivity index (χ2n) is 6.44. The molecule has 3 nitrogen and oxygen atoms in total. The Morgan fingerprint density at radius 3 is 2.48 bits per heavy atom. The zero-order valence-corrected chi connectivity index (χ0v) is 15.1. The summed E-state index contributed by atoms with van der Waals surface area (Å²) in [6.45, 7) is 3.28. The first-order valence-electron chi connectivity index (χ1n) is 8.97. The van der Waals surface area contributed by atoms with Crippen molar-refractivity contribution in [1.82, 2.24) is 4.98 Å². The van der Waals surface area contributed by atoms with Crippen LogP contribution in [0.1, 0.15) is 18.4 Å². The van der Waals surface area contributed by atoms with Gasteiger partial charge < -0.3 is 10.2 Å². The van der Waals surface area contributed by atoms with Crippen LogP contribution in [0, 0.1) is 0 Å². The lowest BCUT2D eigenvalue weighted by Gasteiger charge is -2.17. The fourth-order valence-corrected chi connectivity index (χ4v) is 4.01. The van der Waals surface area contributed by atoms with Crippen molar-refractivity contribution >= 4 is 22.2 Å². The first-order valence-corrected chi connectivity index (χ1v) is 9.85. The van der Waals surface area contributed by atoms with Gasteiger partial charge in [0, 0.05) is 36.3 Å². The van der Waals surface area contributed by atoms with Gasteiger partial charge in [-0.25, -0.2) is 4.98 Å². The van der Waals surface area contributed by atoms with Crippen LogP contribution in [-0.2, 0) is 6.42 Å². The largest absolute Gasteiger partial charge is 0.372 e. The van der Waals surface area contributed by atoms with Crippen molar-refractivity contribution < 1.29 is 0 Å². The van der Waals surface area contributed by atoms with Crippen molar-refractivity contribution in [3.63, 3.8) is 0 Å². The second-order valence-corrected chi connectivity index (χ2v) is 7.30. The minimum Gasteiger partial charge on any atom is -0.372 e. The average molecular weight is 350 g/mol. The Kier molecular flexibility index (Phi) is 4.98. The molecule has 2 aromatic carbocycles. The van der Waals surface area contributed by atoms with E-state index in [9.17, 15) is 0 Å². The quantitative estimate of drug-likeness (QED) is 0.674. The van der Waals surface area contributed by atoms with Crippen LogP contribution >= 0.6 is 11.3 Å². The first kappa shape index (κ1) is 16.2. The van der Waals surface area contributed by atoms with E-state index in [4.69, 9.17) is 4.98 Å². The molecule has 0 amide bonds. The molecule has 0 radical (unpaired) electrons. The second kappa shape index (κ2) is 7.70. The van der Waals surface area contributed by atoms with Gasteiger partial charge in [0.2, 0.25) is 0 Å². The summed E-state index contributed by atoms with van der Waals surface area (Å²) in [6.07, 6.45) is 3.64. The van der Waals surface area contributed by atoms with E-state index in [2.05, 4.69) is 70.2 Å². The van der Waals surface area contributed by atoms with Crippen LogP contribution in [0.4, 0.5) is 10.8 Å². The molecule has 1 saturated heterocycles. The third-order valence-corrected chi connectivity index (χ3v) is 5.47.